The van der Waals surface area contributed by atoms with Crippen molar-refractivity contribution in [2.24, 2.45) is 0 Å². The Labute approximate surface area is 143 Å². The zero-order valence-corrected chi connectivity index (χ0v) is 15.1. The molecular formula is C14H22BrN5O3. The minimum atomic E-state index is -0.510. The fraction of sp³-hybridized carbons (Fsp3) is 0.643. The molecule has 8 nitrogen and oxygen atoms in total. The summed E-state index contributed by atoms with van der Waals surface area (Å²) in [6.07, 6.45) is 1.03. The van der Waals surface area contributed by atoms with Crippen LogP contribution in [0.4, 0.5) is 16.4 Å². The number of nitrogens with two attached hydrogens (primary N) is 1. The molecule has 1 aromatic rings. The summed E-state index contributed by atoms with van der Waals surface area (Å²) in [5, 5.41) is 3.10. The summed E-state index contributed by atoms with van der Waals surface area (Å²) < 4.78 is 11.6. The normalized spacial score (nSPS) is 18.6. The molecule has 0 spiro atoms. The second kappa shape index (κ2) is 7.31. The Morgan fingerprint density at radius 3 is 3.04 bits per heavy atom. The highest BCUT2D eigenvalue weighted by atomic mass is 79.9. The van der Waals surface area contributed by atoms with Gasteiger partial charge in [-0.05, 0) is 36.7 Å². The largest absolute Gasteiger partial charge is 0.444 e. The first-order valence-corrected chi connectivity index (χ1v) is 8.15. The number of nitrogens with one attached hydrogen (secondary N) is 1. The van der Waals surface area contributed by atoms with Gasteiger partial charge in [0.2, 0.25) is 0 Å². The number of anilines is 2. The van der Waals surface area contributed by atoms with Crippen LogP contribution < -0.4 is 11.1 Å². The van der Waals surface area contributed by atoms with Gasteiger partial charge in [-0.2, -0.15) is 0 Å². The van der Waals surface area contributed by atoms with Gasteiger partial charge in [0.15, 0.2) is 11.6 Å². The van der Waals surface area contributed by atoms with Crippen molar-refractivity contribution in [1.29, 1.82) is 0 Å². The number of hydrogen-bond acceptors (Lipinski definition) is 7. The van der Waals surface area contributed by atoms with E-state index in [2.05, 4.69) is 31.2 Å². The van der Waals surface area contributed by atoms with E-state index in [1.807, 2.05) is 20.8 Å². The zero-order valence-electron chi connectivity index (χ0n) is 13.5. The lowest BCUT2D eigenvalue weighted by atomic mass is 10.2. The smallest absolute Gasteiger partial charge is 0.410 e. The van der Waals surface area contributed by atoms with E-state index in [0.29, 0.717) is 42.5 Å². The van der Waals surface area contributed by atoms with Crippen molar-refractivity contribution in [2.45, 2.75) is 32.5 Å². The van der Waals surface area contributed by atoms with Gasteiger partial charge in [0, 0.05) is 13.1 Å². The molecule has 0 bridgehead atoms. The first-order valence-electron chi connectivity index (χ1n) is 7.36. The number of carbonyl (C=O) groups excluding carboxylic acids is 1. The van der Waals surface area contributed by atoms with Crippen molar-refractivity contribution in [3.05, 3.63) is 10.8 Å². The van der Waals surface area contributed by atoms with Crippen LogP contribution in [0.3, 0.4) is 0 Å². The van der Waals surface area contributed by atoms with E-state index in [4.69, 9.17) is 15.2 Å². The summed E-state index contributed by atoms with van der Waals surface area (Å²) in [6.45, 7) is 7.44. The molecule has 1 aliphatic heterocycles. The minimum absolute atomic E-state index is 0.170. The third kappa shape index (κ3) is 5.51. The molecule has 2 rings (SSSR count). The van der Waals surface area contributed by atoms with Crippen molar-refractivity contribution >= 4 is 33.7 Å². The maximum Gasteiger partial charge on any atom is 0.410 e. The highest BCUT2D eigenvalue weighted by Gasteiger charge is 2.28. The highest BCUT2D eigenvalue weighted by molar-refractivity contribution is 9.10. The van der Waals surface area contributed by atoms with Crippen molar-refractivity contribution in [3.8, 4) is 0 Å². The van der Waals surface area contributed by atoms with E-state index in [0.717, 1.165) is 0 Å². The zero-order chi connectivity index (χ0) is 17.0. The number of aromatic nitrogens is 2. The van der Waals surface area contributed by atoms with Crippen LogP contribution >= 0.6 is 15.9 Å². The van der Waals surface area contributed by atoms with Gasteiger partial charge in [0.05, 0.1) is 25.5 Å². The maximum absolute atomic E-state index is 12.1. The number of amides is 1. The number of hydrogen-bond donors (Lipinski definition) is 2. The summed E-state index contributed by atoms with van der Waals surface area (Å²) in [5.41, 5.74) is 5.26. The standard InChI is InChI=1S/C14H22BrN5O3/c1-14(2,3)23-13(21)20-4-5-22-9(8-20)6-18-12-11(16)17-7-10(15)19-12/h7,9H,4-6,8H2,1-3H3,(H2,16,17)(H,18,19)/t9-/m0/s1. The SMILES string of the molecule is CC(C)(C)OC(=O)N1CCO[C@@H](CNc2nc(Br)cnc2N)C1. The van der Waals surface area contributed by atoms with Crippen LogP contribution in [0.2, 0.25) is 0 Å². The third-order valence-electron chi connectivity index (χ3n) is 3.06. The lowest BCUT2D eigenvalue weighted by Crippen LogP contribution is -2.49. The molecule has 23 heavy (non-hydrogen) atoms. The monoisotopic (exact) mass is 387 g/mol. The summed E-state index contributed by atoms with van der Waals surface area (Å²) in [5.74, 6) is 0.797. The van der Waals surface area contributed by atoms with Crippen molar-refractivity contribution in [2.75, 3.05) is 37.3 Å². The topological polar surface area (TPSA) is 103 Å². The lowest BCUT2D eigenvalue weighted by molar-refractivity contribution is -0.0371. The predicted octanol–water partition coefficient (Wildman–Crippen LogP) is 1.87. The van der Waals surface area contributed by atoms with Crippen molar-refractivity contribution in [3.63, 3.8) is 0 Å². The van der Waals surface area contributed by atoms with E-state index in [-0.39, 0.29) is 12.2 Å². The van der Waals surface area contributed by atoms with Gasteiger partial charge < -0.3 is 25.4 Å². The maximum atomic E-state index is 12.1. The quantitative estimate of drug-likeness (QED) is 0.815. The van der Waals surface area contributed by atoms with Crippen LogP contribution in [0.5, 0.6) is 0 Å². The lowest BCUT2D eigenvalue weighted by Gasteiger charge is -2.34. The van der Waals surface area contributed by atoms with Gasteiger partial charge in [0.1, 0.15) is 10.2 Å². The Morgan fingerprint density at radius 1 is 1.61 bits per heavy atom. The van der Waals surface area contributed by atoms with E-state index in [1.54, 1.807) is 4.90 Å². The molecule has 0 aliphatic carbocycles. The van der Waals surface area contributed by atoms with E-state index < -0.39 is 5.60 Å². The number of nitrogens with zero attached hydrogens (tertiary/aromatic N) is 3. The second-order valence-corrected chi connectivity index (χ2v) is 7.04. The fourth-order valence-electron chi connectivity index (χ4n) is 2.05. The molecule has 128 valence electrons. The molecule has 1 fully saturated rings. The highest BCUT2D eigenvalue weighted by Crippen LogP contribution is 2.17. The summed E-state index contributed by atoms with van der Waals surface area (Å²) in [7, 11) is 0. The Morgan fingerprint density at radius 2 is 2.35 bits per heavy atom. The van der Waals surface area contributed by atoms with Crippen molar-refractivity contribution in [1.82, 2.24) is 14.9 Å². The number of ether oxygens (including phenoxy) is 2. The fourth-order valence-corrected chi connectivity index (χ4v) is 2.33. The van der Waals surface area contributed by atoms with Gasteiger partial charge in [-0.1, -0.05) is 0 Å². The molecule has 0 unspecified atom stereocenters. The number of nitrogen functional groups attached to an aromatic ring is 1. The Hall–Kier alpha value is -1.61. The molecule has 1 saturated heterocycles. The van der Waals surface area contributed by atoms with Gasteiger partial charge in [-0.3, -0.25) is 0 Å². The molecule has 1 amide bonds. The molecule has 0 radical (unpaired) electrons. The Kier molecular flexibility index (Phi) is 5.64. The number of carbonyl (C=O) groups is 1. The van der Waals surface area contributed by atoms with Gasteiger partial charge in [-0.15, -0.1) is 0 Å². The summed E-state index contributed by atoms with van der Waals surface area (Å²) >= 11 is 3.25. The van der Waals surface area contributed by atoms with E-state index in [1.165, 1.54) is 6.20 Å². The van der Waals surface area contributed by atoms with Crippen LogP contribution in [0.25, 0.3) is 0 Å². The molecule has 0 saturated carbocycles. The van der Waals surface area contributed by atoms with Crippen LogP contribution in [0, 0.1) is 0 Å². The summed E-state index contributed by atoms with van der Waals surface area (Å²) in [4.78, 5) is 22.0. The molecular weight excluding hydrogens is 366 g/mol. The molecule has 2 heterocycles. The third-order valence-corrected chi connectivity index (χ3v) is 3.44. The van der Waals surface area contributed by atoms with Gasteiger partial charge in [0.25, 0.3) is 0 Å². The molecule has 1 atom stereocenters. The van der Waals surface area contributed by atoms with Crippen LogP contribution in [-0.4, -0.2) is 58.9 Å². The van der Waals surface area contributed by atoms with Crippen LogP contribution in [0.1, 0.15) is 20.8 Å². The number of morpholine rings is 1. The molecule has 3 N–H and O–H groups in total. The molecule has 0 aromatic carbocycles. The van der Waals surface area contributed by atoms with Gasteiger partial charge in [-0.25, -0.2) is 14.8 Å². The van der Waals surface area contributed by atoms with Gasteiger partial charge >= 0.3 is 6.09 Å². The number of rotatable bonds is 3. The molecule has 1 aliphatic rings. The first-order chi connectivity index (χ1) is 10.7. The first kappa shape index (κ1) is 17.7. The predicted molar refractivity (Wildman–Crippen MR) is 90.2 cm³/mol. The van der Waals surface area contributed by atoms with Crippen LogP contribution in [0.15, 0.2) is 10.8 Å². The average Bonchev–Trinajstić information content (AvgIpc) is 2.47. The summed E-state index contributed by atoms with van der Waals surface area (Å²) in [6, 6.07) is 0. The Bertz CT molecular complexity index is 564. The second-order valence-electron chi connectivity index (χ2n) is 6.23. The average molecular weight is 388 g/mol. The minimum Gasteiger partial charge on any atom is -0.444 e. The van der Waals surface area contributed by atoms with Crippen molar-refractivity contribution < 1.29 is 14.3 Å². The number of halogens is 1. The van der Waals surface area contributed by atoms with E-state index in [9.17, 15) is 4.79 Å². The van der Waals surface area contributed by atoms with E-state index >= 15 is 0 Å². The van der Waals surface area contributed by atoms with Crippen LogP contribution in [-0.2, 0) is 9.47 Å². The molecule has 9 heteroatoms. The molecule has 1 aromatic heterocycles. The Balaban J connectivity index is 1.89.